The van der Waals surface area contributed by atoms with Gasteiger partial charge in [0.2, 0.25) is 5.91 Å². The molecule has 45 heavy (non-hydrogen) atoms. The highest BCUT2D eigenvalue weighted by molar-refractivity contribution is 9.11. The van der Waals surface area contributed by atoms with Crippen molar-refractivity contribution in [2.24, 2.45) is 0 Å². The molecule has 10 nitrogen and oxygen atoms in total. The standard InChI is InChI=1S/C33H43Br2N7O3/c34-26-18-22(19-27(35)30(26)36)20-28(31(43)40-14-8-24(9-15-40)39-12-4-1-5-13-39)38-33(45)41-16-10-25(11-17-41)42-29-7-3-2-6-23(29)21-37-32(42)44/h2-3,6-7,18-19,24-25,28H,1,4-5,8-17,20-21,36H2,(H,37,44)(H,38,45)/t28-/m1/s1. The molecular weight excluding hydrogens is 702 g/mol. The molecule has 0 unspecified atom stereocenters. The number of anilines is 2. The number of carbonyl (C=O) groups is 3. The fraction of sp³-hybridized carbons (Fsp3) is 0.545. The number of benzene rings is 2. The van der Waals surface area contributed by atoms with Gasteiger partial charge in [-0.25, -0.2) is 9.59 Å². The summed E-state index contributed by atoms with van der Waals surface area (Å²) in [6.07, 6.45) is 7.44. The van der Waals surface area contributed by atoms with Gasteiger partial charge >= 0.3 is 12.1 Å². The Morgan fingerprint density at radius 3 is 2.20 bits per heavy atom. The molecule has 4 aliphatic heterocycles. The van der Waals surface area contributed by atoms with Crippen LogP contribution in [-0.2, 0) is 17.8 Å². The molecule has 0 radical (unpaired) electrons. The molecule has 4 aliphatic rings. The number of nitrogens with one attached hydrogen (secondary N) is 2. The van der Waals surface area contributed by atoms with Crippen LogP contribution in [0.2, 0.25) is 0 Å². The molecule has 12 heteroatoms. The summed E-state index contributed by atoms with van der Waals surface area (Å²) < 4.78 is 1.49. The number of para-hydroxylation sites is 1. The van der Waals surface area contributed by atoms with E-state index in [2.05, 4.69) is 47.4 Å². The Kier molecular flexibility index (Phi) is 10.2. The van der Waals surface area contributed by atoms with Crippen molar-refractivity contribution in [2.45, 2.75) is 76.0 Å². The van der Waals surface area contributed by atoms with Gasteiger partial charge in [-0.3, -0.25) is 9.69 Å². The number of piperidine rings is 3. The zero-order chi connectivity index (χ0) is 31.5. The lowest BCUT2D eigenvalue weighted by Crippen LogP contribution is -2.58. The first kappa shape index (κ1) is 32.1. The zero-order valence-electron chi connectivity index (χ0n) is 25.6. The smallest absolute Gasteiger partial charge is 0.322 e. The average molecular weight is 746 g/mol. The van der Waals surface area contributed by atoms with Gasteiger partial charge in [0.15, 0.2) is 0 Å². The van der Waals surface area contributed by atoms with E-state index in [1.807, 2.05) is 46.2 Å². The third kappa shape index (κ3) is 7.28. The second-order valence-electron chi connectivity index (χ2n) is 12.7. The first-order valence-corrected chi connectivity index (χ1v) is 17.8. The van der Waals surface area contributed by atoms with Crippen LogP contribution in [0, 0.1) is 0 Å². The van der Waals surface area contributed by atoms with Crippen molar-refractivity contribution in [2.75, 3.05) is 49.9 Å². The summed E-state index contributed by atoms with van der Waals surface area (Å²) in [5.41, 5.74) is 9.67. The van der Waals surface area contributed by atoms with E-state index in [-0.39, 0.29) is 24.0 Å². The van der Waals surface area contributed by atoms with Crippen molar-refractivity contribution in [3.63, 3.8) is 0 Å². The zero-order valence-corrected chi connectivity index (χ0v) is 28.8. The van der Waals surface area contributed by atoms with Crippen molar-refractivity contribution < 1.29 is 14.4 Å². The molecule has 4 heterocycles. The third-order valence-electron chi connectivity index (χ3n) is 9.87. The van der Waals surface area contributed by atoms with Gasteiger partial charge in [-0.2, -0.15) is 0 Å². The quantitative estimate of drug-likeness (QED) is 0.357. The number of nitrogens with two attached hydrogens (primary N) is 1. The molecule has 3 saturated heterocycles. The van der Waals surface area contributed by atoms with Crippen molar-refractivity contribution in [1.82, 2.24) is 25.3 Å². The summed E-state index contributed by atoms with van der Waals surface area (Å²) in [6, 6.07) is 11.3. The number of likely N-dealkylation sites (tertiary alicyclic amines) is 3. The second-order valence-corrected chi connectivity index (χ2v) is 14.4. The molecule has 6 rings (SSSR count). The molecule has 242 valence electrons. The summed E-state index contributed by atoms with van der Waals surface area (Å²) >= 11 is 7.06. The predicted molar refractivity (Wildman–Crippen MR) is 183 cm³/mol. The van der Waals surface area contributed by atoms with E-state index in [1.165, 1.54) is 19.3 Å². The van der Waals surface area contributed by atoms with E-state index in [9.17, 15) is 14.4 Å². The van der Waals surface area contributed by atoms with Crippen molar-refractivity contribution in [3.05, 3.63) is 56.5 Å². The fourth-order valence-electron chi connectivity index (χ4n) is 7.34. The number of halogens is 2. The largest absolute Gasteiger partial charge is 0.397 e. The Bertz CT molecular complexity index is 1380. The van der Waals surface area contributed by atoms with E-state index in [0.29, 0.717) is 63.7 Å². The molecule has 0 saturated carbocycles. The number of urea groups is 2. The number of rotatable bonds is 6. The van der Waals surface area contributed by atoms with Gasteiger partial charge in [0.25, 0.3) is 0 Å². The predicted octanol–water partition coefficient (Wildman–Crippen LogP) is 5.09. The Morgan fingerprint density at radius 1 is 0.889 bits per heavy atom. The van der Waals surface area contributed by atoms with Crippen LogP contribution in [0.4, 0.5) is 21.0 Å². The topological polar surface area (TPSA) is 114 Å². The minimum absolute atomic E-state index is 0.00129. The Hall–Kier alpha value is -2.83. The maximum absolute atomic E-state index is 14.0. The molecule has 3 fully saturated rings. The van der Waals surface area contributed by atoms with Gasteiger partial charge in [0.1, 0.15) is 6.04 Å². The maximum Gasteiger partial charge on any atom is 0.322 e. The maximum atomic E-state index is 14.0. The first-order chi connectivity index (χ1) is 21.8. The monoisotopic (exact) mass is 743 g/mol. The fourth-order valence-corrected chi connectivity index (χ4v) is 8.62. The Labute approximate surface area is 282 Å². The van der Waals surface area contributed by atoms with Crippen LogP contribution in [0.25, 0.3) is 0 Å². The number of hydrogen-bond donors (Lipinski definition) is 3. The molecular formula is C33H43Br2N7O3. The lowest BCUT2D eigenvalue weighted by Gasteiger charge is -2.42. The lowest BCUT2D eigenvalue weighted by atomic mass is 9.98. The molecule has 1 atom stereocenters. The van der Waals surface area contributed by atoms with Crippen LogP contribution in [0.1, 0.15) is 56.1 Å². The van der Waals surface area contributed by atoms with Gasteiger partial charge in [0.05, 0.1) is 11.4 Å². The normalized spacial score (nSPS) is 20.8. The van der Waals surface area contributed by atoms with E-state index >= 15 is 0 Å². The van der Waals surface area contributed by atoms with Crippen LogP contribution in [0.5, 0.6) is 0 Å². The van der Waals surface area contributed by atoms with Gasteiger partial charge in [0, 0.05) is 60.2 Å². The Balaban J connectivity index is 1.11. The first-order valence-electron chi connectivity index (χ1n) is 16.2. The number of carbonyl (C=O) groups excluding carboxylic acids is 3. The number of nitrogens with zero attached hydrogens (tertiary/aromatic N) is 4. The van der Waals surface area contributed by atoms with Crippen molar-refractivity contribution in [1.29, 1.82) is 0 Å². The molecule has 5 amide bonds. The number of fused-ring (bicyclic) bond motifs is 1. The minimum Gasteiger partial charge on any atom is -0.397 e. The highest BCUT2D eigenvalue weighted by atomic mass is 79.9. The number of amides is 5. The van der Waals surface area contributed by atoms with Crippen LogP contribution in [0.15, 0.2) is 45.3 Å². The average Bonchev–Trinajstić information content (AvgIpc) is 3.07. The van der Waals surface area contributed by atoms with Crippen LogP contribution in [0.3, 0.4) is 0 Å². The van der Waals surface area contributed by atoms with Gasteiger partial charge in [-0.15, -0.1) is 0 Å². The highest BCUT2D eigenvalue weighted by Gasteiger charge is 2.36. The summed E-state index contributed by atoms with van der Waals surface area (Å²) in [6.45, 7) is 5.25. The Morgan fingerprint density at radius 2 is 1.51 bits per heavy atom. The van der Waals surface area contributed by atoms with Gasteiger partial charge in [-0.1, -0.05) is 24.6 Å². The van der Waals surface area contributed by atoms with Crippen molar-refractivity contribution in [3.8, 4) is 0 Å². The summed E-state index contributed by atoms with van der Waals surface area (Å²) in [7, 11) is 0. The van der Waals surface area contributed by atoms with Crippen LogP contribution in [-0.4, -0.2) is 90.1 Å². The number of nitrogen functional groups attached to an aromatic ring is 1. The van der Waals surface area contributed by atoms with E-state index < -0.39 is 6.04 Å². The minimum atomic E-state index is -0.705. The van der Waals surface area contributed by atoms with E-state index in [0.717, 1.165) is 51.7 Å². The van der Waals surface area contributed by atoms with Gasteiger partial charge < -0.3 is 31.1 Å². The van der Waals surface area contributed by atoms with Gasteiger partial charge in [-0.05, 0) is 113 Å². The molecule has 2 aromatic rings. The summed E-state index contributed by atoms with van der Waals surface area (Å²) in [4.78, 5) is 48.7. The summed E-state index contributed by atoms with van der Waals surface area (Å²) in [5.74, 6) is -0.0407. The molecule has 0 spiro atoms. The molecule has 0 aliphatic carbocycles. The molecule has 4 N–H and O–H groups in total. The highest BCUT2D eigenvalue weighted by Crippen LogP contribution is 2.32. The third-order valence-corrected chi connectivity index (χ3v) is 11.2. The van der Waals surface area contributed by atoms with Crippen LogP contribution >= 0.6 is 31.9 Å². The summed E-state index contributed by atoms with van der Waals surface area (Å²) in [5, 5.41) is 6.09. The molecule has 0 aromatic heterocycles. The lowest BCUT2D eigenvalue weighted by molar-refractivity contribution is -0.134. The van der Waals surface area contributed by atoms with Crippen LogP contribution < -0.4 is 21.3 Å². The van der Waals surface area contributed by atoms with E-state index in [1.54, 1.807) is 4.90 Å². The SMILES string of the molecule is Nc1c(Br)cc(C[C@@H](NC(=O)N2CCC(N3C(=O)NCc4ccccc43)CC2)C(=O)N2CCC(N3CCCCC3)CC2)cc1Br. The molecule has 2 aromatic carbocycles. The molecule has 0 bridgehead atoms. The van der Waals surface area contributed by atoms with E-state index in [4.69, 9.17) is 5.73 Å². The van der Waals surface area contributed by atoms with Crippen molar-refractivity contribution >= 4 is 61.2 Å². The number of hydrogen-bond acceptors (Lipinski definition) is 5. The second kappa shape index (κ2) is 14.3.